The van der Waals surface area contributed by atoms with Crippen molar-refractivity contribution in [3.05, 3.63) is 28.7 Å². The van der Waals surface area contributed by atoms with Gasteiger partial charge in [0, 0.05) is 16.4 Å². The van der Waals surface area contributed by atoms with E-state index in [0.29, 0.717) is 5.84 Å². The first-order valence-corrected chi connectivity index (χ1v) is 5.59. The summed E-state index contributed by atoms with van der Waals surface area (Å²) in [6.07, 6.45) is 0. The fourth-order valence-corrected chi connectivity index (χ4v) is 2.16. The molecule has 0 saturated carbocycles. The van der Waals surface area contributed by atoms with Crippen molar-refractivity contribution in [3.8, 4) is 0 Å². The van der Waals surface area contributed by atoms with E-state index in [1.807, 2.05) is 12.1 Å². The SMILES string of the molecule is CN=C(N)CSc1cccc(Br)c1. The van der Waals surface area contributed by atoms with Crippen molar-refractivity contribution in [1.82, 2.24) is 0 Å². The predicted octanol–water partition coefficient (Wildman–Crippen LogP) is 2.53. The van der Waals surface area contributed by atoms with E-state index < -0.39 is 0 Å². The molecule has 0 spiro atoms. The summed E-state index contributed by atoms with van der Waals surface area (Å²) in [5.74, 6) is 1.41. The molecule has 0 atom stereocenters. The number of halogens is 1. The van der Waals surface area contributed by atoms with Crippen molar-refractivity contribution in [2.24, 2.45) is 10.7 Å². The van der Waals surface area contributed by atoms with Crippen LogP contribution in [0.15, 0.2) is 38.6 Å². The number of amidine groups is 1. The molecule has 0 heterocycles. The Balaban J connectivity index is 2.55. The van der Waals surface area contributed by atoms with Gasteiger partial charge in [-0.15, -0.1) is 11.8 Å². The molecule has 13 heavy (non-hydrogen) atoms. The van der Waals surface area contributed by atoms with Crippen LogP contribution < -0.4 is 5.73 Å². The van der Waals surface area contributed by atoms with E-state index in [1.54, 1.807) is 18.8 Å². The van der Waals surface area contributed by atoms with Crippen molar-refractivity contribution in [2.75, 3.05) is 12.8 Å². The highest BCUT2D eigenvalue weighted by molar-refractivity contribution is 9.10. The highest BCUT2D eigenvalue weighted by atomic mass is 79.9. The van der Waals surface area contributed by atoms with E-state index in [1.165, 1.54) is 4.90 Å². The van der Waals surface area contributed by atoms with E-state index in [4.69, 9.17) is 5.73 Å². The first-order chi connectivity index (χ1) is 6.22. The first-order valence-electron chi connectivity index (χ1n) is 3.82. The van der Waals surface area contributed by atoms with Crippen molar-refractivity contribution >= 4 is 33.5 Å². The maximum absolute atomic E-state index is 5.58. The minimum absolute atomic E-state index is 0.671. The minimum atomic E-state index is 0.671. The molecular formula is C9H11BrN2S. The minimum Gasteiger partial charge on any atom is -0.387 e. The Morgan fingerprint density at radius 3 is 3.00 bits per heavy atom. The Morgan fingerprint density at radius 1 is 1.62 bits per heavy atom. The smallest absolute Gasteiger partial charge is 0.104 e. The monoisotopic (exact) mass is 258 g/mol. The van der Waals surface area contributed by atoms with Gasteiger partial charge in [-0.1, -0.05) is 22.0 Å². The van der Waals surface area contributed by atoms with E-state index in [0.717, 1.165) is 10.2 Å². The van der Waals surface area contributed by atoms with Crippen LogP contribution in [-0.2, 0) is 0 Å². The Kier molecular flexibility index (Phi) is 4.32. The molecule has 0 amide bonds. The number of benzene rings is 1. The van der Waals surface area contributed by atoms with Crippen molar-refractivity contribution < 1.29 is 0 Å². The molecule has 0 bridgehead atoms. The molecule has 1 rings (SSSR count). The van der Waals surface area contributed by atoms with Crippen LogP contribution in [0.25, 0.3) is 0 Å². The van der Waals surface area contributed by atoms with E-state index in [2.05, 4.69) is 33.1 Å². The third-order valence-corrected chi connectivity index (χ3v) is 2.99. The van der Waals surface area contributed by atoms with Crippen LogP contribution in [0.3, 0.4) is 0 Å². The second kappa shape index (κ2) is 5.29. The summed E-state index contributed by atoms with van der Waals surface area (Å²) in [6, 6.07) is 8.12. The van der Waals surface area contributed by atoms with Crippen LogP contribution in [0.2, 0.25) is 0 Å². The number of nitrogens with zero attached hydrogens (tertiary/aromatic N) is 1. The lowest BCUT2D eigenvalue weighted by atomic mass is 10.4. The van der Waals surface area contributed by atoms with Gasteiger partial charge in [-0.05, 0) is 18.2 Å². The van der Waals surface area contributed by atoms with Gasteiger partial charge in [0.25, 0.3) is 0 Å². The molecule has 0 radical (unpaired) electrons. The summed E-state index contributed by atoms with van der Waals surface area (Å²) in [4.78, 5) is 5.08. The Labute approximate surface area is 90.8 Å². The highest BCUT2D eigenvalue weighted by Gasteiger charge is 1.96. The summed E-state index contributed by atoms with van der Waals surface area (Å²) in [7, 11) is 1.71. The molecule has 4 heteroatoms. The maximum Gasteiger partial charge on any atom is 0.104 e. The molecule has 70 valence electrons. The lowest BCUT2D eigenvalue weighted by Gasteiger charge is -2.00. The van der Waals surface area contributed by atoms with Gasteiger partial charge in [0.2, 0.25) is 0 Å². The molecule has 0 unspecified atom stereocenters. The molecule has 0 saturated heterocycles. The molecule has 0 aromatic heterocycles. The molecule has 1 aromatic rings. The van der Waals surface area contributed by atoms with Crippen LogP contribution in [0.5, 0.6) is 0 Å². The third-order valence-electron chi connectivity index (χ3n) is 1.47. The number of aliphatic imine (C=N–C) groups is 1. The maximum atomic E-state index is 5.58. The fraction of sp³-hybridized carbons (Fsp3) is 0.222. The summed E-state index contributed by atoms with van der Waals surface area (Å²) in [6.45, 7) is 0. The second-order valence-electron chi connectivity index (χ2n) is 2.46. The summed E-state index contributed by atoms with van der Waals surface area (Å²) in [5.41, 5.74) is 5.58. The van der Waals surface area contributed by atoms with E-state index in [9.17, 15) is 0 Å². The third kappa shape index (κ3) is 3.83. The van der Waals surface area contributed by atoms with Crippen LogP contribution in [-0.4, -0.2) is 18.6 Å². The normalized spacial score (nSPS) is 11.7. The van der Waals surface area contributed by atoms with E-state index >= 15 is 0 Å². The molecule has 2 N–H and O–H groups in total. The summed E-state index contributed by atoms with van der Waals surface area (Å²) < 4.78 is 1.09. The van der Waals surface area contributed by atoms with Crippen LogP contribution in [0.1, 0.15) is 0 Å². The number of nitrogens with two attached hydrogens (primary N) is 1. The molecule has 0 fully saturated rings. The van der Waals surface area contributed by atoms with Crippen molar-refractivity contribution in [3.63, 3.8) is 0 Å². The van der Waals surface area contributed by atoms with Gasteiger partial charge in [0.15, 0.2) is 0 Å². The molecule has 0 aliphatic rings. The summed E-state index contributed by atoms with van der Waals surface area (Å²) >= 11 is 5.09. The standard InChI is InChI=1S/C9H11BrN2S/c1-12-9(11)6-13-8-4-2-3-7(10)5-8/h2-5H,6H2,1H3,(H2,11,12). The second-order valence-corrected chi connectivity index (χ2v) is 4.43. The Morgan fingerprint density at radius 2 is 2.38 bits per heavy atom. The average Bonchev–Trinajstić information content (AvgIpc) is 2.14. The van der Waals surface area contributed by atoms with Crippen molar-refractivity contribution in [2.45, 2.75) is 4.90 Å². The number of hydrogen-bond acceptors (Lipinski definition) is 2. The van der Waals surface area contributed by atoms with Gasteiger partial charge < -0.3 is 5.73 Å². The van der Waals surface area contributed by atoms with Crippen LogP contribution >= 0.6 is 27.7 Å². The van der Waals surface area contributed by atoms with Gasteiger partial charge in [-0.3, -0.25) is 4.99 Å². The van der Waals surface area contributed by atoms with Gasteiger partial charge in [0.05, 0.1) is 5.75 Å². The zero-order valence-corrected chi connectivity index (χ0v) is 9.73. The lowest BCUT2D eigenvalue weighted by molar-refractivity contribution is 1.38. The Hall–Kier alpha value is -0.480. The highest BCUT2D eigenvalue weighted by Crippen LogP contribution is 2.21. The van der Waals surface area contributed by atoms with Gasteiger partial charge >= 0.3 is 0 Å². The van der Waals surface area contributed by atoms with Gasteiger partial charge in [-0.2, -0.15) is 0 Å². The molecule has 0 aliphatic carbocycles. The number of hydrogen-bond donors (Lipinski definition) is 1. The Bertz CT molecular complexity index is 312. The first kappa shape index (κ1) is 10.6. The number of thioether (sulfide) groups is 1. The zero-order chi connectivity index (χ0) is 9.68. The molecule has 2 nitrogen and oxygen atoms in total. The molecule has 0 aliphatic heterocycles. The topological polar surface area (TPSA) is 38.4 Å². The van der Waals surface area contributed by atoms with Crippen molar-refractivity contribution in [1.29, 1.82) is 0 Å². The largest absolute Gasteiger partial charge is 0.387 e. The lowest BCUT2D eigenvalue weighted by Crippen LogP contribution is -2.13. The average molecular weight is 259 g/mol. The fourth-order valence-electron chi connectivity index (χ4n) is 0.779. The van der Waals surface area contributed by atoms with E-state index in [-0.39, 0.29) is 0 Å². The summed E-state index contributed by atoms with van der Waals surface area (Å²) in [5, 5.41) is 0. The predicted molar refractivity (Wildman–Crippen MR) is 62.4 cm³/mol. The van der Waals surface area contributed by atoms with Crippen LogP contribution in [0, 0.1) is 0 Å². The molecule has 1 aromatic carbocycles. The zero-order valence-electron chi connectivity index (χ0n) is 7.33. The van der Waals surface area contributed by atoms with Gasteiger partial charge in [-0.25, -0.2) is 0 Å². The number of rotatable bonds is 3. The van der Waals surface area contributed by atoms with Gasteiger partial charge in [0.1, 0.15) is 5.84 Å². The van der Waals surface area contributed by atoms with Crippen LogP contribution in [0.4, 0.5) is 0 Å². The quantitative estimate of drug-likeness (QED) is 0.514. The molecular weight excluding hydrogens is 248 g/mol.